The van der Waals surface area contributed by atoms with Gasteiger partial charge in [-0.05, 0) is 36.4 Å². The summed E-state index contributed by atoms with van der Waals surface area (Å²) in [6.45, 7) is 0. The zero-order valence-corrected chi connectivity index (χ0v) is 11.7. The smallest absolute Gasteiger partial charge is 0.255 e. The Morgan fingerprint density at radius 3 is 2.67 bits per heavy atom. The molecule has 1 aromatic carbocycles. The highest BCUT2D eigenvalue weighted by atomic mass is 35.5. The number of hydrogen-bond acceptors (Lipinski definition) is 3. The van der Waals surface area contributed by atoms with E-state index in [2.05, 4.69) is 15.3 Å². The van der Waals surface area contributed by atoms with Crippen LogP contribution in [-0.2, 0) is 0 Å². The van der Waals surface area contributed by atoms with Gasteiger partial charge in [-0.15, -0.1) is 0 Å². The molecule has 2 aromatic heterocycles. The lowest BCUT2D eigenvalue weighted by Crippen LogP contribution is -2.12. The van der Waals surface area contributed by atoms with Crippen molar-refractivity contribution in [1.82, 2.24) is 14.5 Å². The van der Waals surface area contributed by atoms with Crippen molar-refractivity contribution in [1.29, 1.82) is 0 Å². The van der Waals surface area contributed by atoms with E-state index in [1.165, 1.54) is 0 Å². The standard InChI is InChI=1S/C15H11ClN4O/c16-12-1-3-13(4-2-12)19-15(21)11-5-6-18-14(9-11)20-8-7-17-10-20/h1-10H,(H,19,21). The van der Waals surface area contributed by atoms with Gasteiger partial charge in [0.2, 0.25) is 0 Å². The first-order chi connectivity index (χ1) is 10.2. The fraction of sp³-hybridized carbons (Fsp3) is 0. The third kappa shape index (κ3) is 3.09. The number of benzene rings is 1. The third-order valence-electron chi connectivity index (χ3n) is 2.88. The van der Waals surface area contributed by atoms with Crippen molar-refractivity contribution in [2.75, 3.05) is 5.32 Å². The summed E-state index contributed by atoms with van der Waals surface area (Å²) in [6, 6.07) is 10.3. The predicted octanol–water partition coefficient (Wildman–Crippen LogP) is 3.17. The maximum atomic E-state index is 12.2. The average molecular weight is 299 g/mol. The van der Waals surface area contributed by atoms with Crippen molar-refractivity contribution < 1.29 is 4.79 Å². The van der Waals surface area contributed by atoms with Crippen molar-refractivity contribution in [3.8, 4) is 5.82 Å². The molecule has 0 unspecified atom stereocenters. The number of nitrogens with one attached hydrogen (secondary N) is 1. The number of carbonyl (C=O) groups is 1. The van der Waals surface area contributed by atoms with Gasteiger partial charge in [-0.2, -0.15) is 0 Å². The highest BCUT2D eigenvalue weighted by molar-refractivity contribution is 6.30. The number of anilines is 1. The number of rotatable bonds is 3. The van der Waals surface area contributed by atoms with Crippen LogP contribution < -0.4 is 5.32 Å². The van der Waals surface area contributed by atoms with Crippen LogP contribution >= 0.6 is 11.6 Å². The molecule has 0 aliphatic heterocycles. The summed E-state index contributed by atoms with van der Waals surface area (Å²) in [5.74, 6) is 0.428. The molecule has 0 atom stereocenters. The quantitative estimate of drug-likeness (QED) is 0.808. The van der Waals surface area contributed by atoms with Crippen LogP contribution in [0.1, 0.15) is 10.4 Å². The van der Waals surface area contributed by atoms with Crippen LogP contribution in [-0.4, -0.2) is 20.4 Å². The number of aromatic nitrogens is 3. The SMILES string of the molecule is O=C(Nc1ccc(Cl)cc1)c1ccnc(-n2ccnc2)c1. The van der Waals surface area contributed by atoms with Gasteiger partial charge in [0.15, 0.2) is 0 Å². The summed E-state index contributed by atoms with van der Waals surface area (Å²) < 4.78 is 1.74. The summed E-state index contributed by atoms with van der Waals surface area (Å²) in [6.07, 6.45) is 6.64. The van der Waals surface area contributed by atoms with E-state index in [9.17, 15) is 4.79 Å². The van der Waals surface area contributed by atoms with Gasteiger partial charge >= 0.3 is 0 Å². The Balaban J connectivity index is 1.81. The molecule has 5 nitrogen and oxygen atoms in total. The number of halogens is 1. The number of hydrogen-bond donors (Lipinski definition) is 1. The fourth-order valence-corrected chi connectivity index (χ4v) is 1.96. The average Bonchev–Trinajstić information content (AvgIpc) is 3.04. The maximum absolute atomic E-state index is 12.2. The van der Waals surface area contributed by atoms with Gasteiger partial charge in [0, 0.05) is 34.9 Å². The van der Waals surface area contributed by atoms with Crippen LogP contribution in [0.5, 0.6) is 0 Å². The summed E-state index contributed by atoms with van der Waals surface area (Å²) in [5, 5.41) is 3.43. The summed E-state index contributed by atoms with van der Waals surface area (Å²) in [5.41, 5.74) is 1.20. The Morgan fingerprint density at radius 2 is 1.95 bits per heavy atom. The second kappa shape index (κ2) is 5.76. The van der Waals surface area contributed by atoms with Gasteiger partial charge in [0.25, 0.3) is 5.91 Å². The van der Waals surface area contributed by atoms with E-state index >= 15 is 0 Å². The second-order valence-corrected chi connectivity index (χ2v) is 4.77. The van der Waals surface area contributed by atoms with E-state index < -0.39 is 0 Å². The molecule has 0 aliphatic rings. The highest BCUT2D eigenvalue weighted by Crippen LogP contribution is 2.15. The van der Waals surface area contributed by atoms with Crippen molar-refractivity contribution in [3.63, 3.8) is 0 Å². The van der Waals surface area contributed by atoms with Crippen molar-refractivity contribution in [2.24, 2.45) is 0 Å². The summed E-state index contributed by atoms with van der Waals surface area (Å²) in [4.78, 5) is 20.4. The molecule has 6 heteroatoms. The zero-order chi connectivity index (χ0) is 14.7. The predicted molar refractivity (Wildman–Crippen MR) is 80.8 cm³/mol. The lowest BCUT2D eigenvalue weighted by atomic mass is 10.2. The molecule has 0 radical (unpaired) electrons. The van der Waals surface area contributed by atoms with Crippen LogP contribution in [0.3, 0.4) is 0 Å². The highest BCUT2D eigenvalue weighted by Gasteiger charge is 2.08. The van der Waals surface area contributed by atoms with E-state index in [0.29, 0.717) is 22.1 Å². The minimum atomic E-state index is -0.207. The molecular weight excluding hydrogens is 288 g/mol. The molecule has 21 heavy (non-hydrogen) atoms. The van der Waals surface area contributed by atoms with Crippen LogP contribution in [0.15, 0.2) is 61.3 Å². The van der Waals surface area contributed by atoms with Gasteiger partial charge in [0.05, 0.1) is 0 Å². The van der Waals surface area contributed by atoms with Crippen LogP contribution in [0.4, 0.5) is 5.69 Å². The molecule has 1 amide bonds. The number of imidazole rings is 1. The number of carbonyl (C=O) groups excluding carboxylic acids is 1. The first-order valence-electron chi connectivity index (χ1n) is 6.24. The molecular formula is C15H11ClN4O. The third-order valence-corrected chi connectivity index (χ3v) is 3.13. The number of amides is 1. The van der Waals surface area contributed by atoms with E-state index in [1.807, 2.05) is 0 Å². The first kappa shape index (κ1) is 13.3. The monoisotopic (exact) mass is 298 g/mol. The van der Waals surface area contributed by atoms with Gasteiger partial charge < -0.3 is 5.32 Å². The minimum absolute atomic E-state index is 0.207. The van der Waals surface area contributed by atoms with Crippen LogP contribution in [0, 0.1) is 0 Å². The maximum Gasteiger partial charge on any atom is 0.255 e. The fourth-order valence-electron chi connectivity index (χ4n) is 1.83. The van der Waals surface area contributed by atoms with Crippen LogP contribution in [0.25, 0.3) is 5.82 Å². The Bertz CT molecular complexity index is 754. The molecule has 2 heterocycles. The van der Waals surface area contributed by atoms with E-state index in [0.717, 1.165) is 0 Å². The van der Waals surface area contributed by atoms with E-state index in [-0.39, 0.29) is 5.91 Å². The van der Waals surface area contributed by atoms with Gasteiger partial charge in [0.1, 0.15) is 12.1 Å². The van der Waals surface area contributed by atoms with E-state index in [1.54, 1.807) is 65.9 Å². The molecule has 104 valence electrons. The molecule has 0 saturated heterocycles. The van der Waals surface area contributed by atoms with Crippen LogP contribution in [0.2, 0.25) is 5.02 Å². The van der Waals surface area contributed by atoms with Gasteiger partial charge in [-0.3, -0.25) is 9.36 Å². The Hall–Kier alpha value is -2.66. The molecule has 3 aromatic rings. The van der Waals surface area contributed by atoms with Crippen molar-refractivity contribution in [3.05, 3.63) is 71.9 Å². The number of nitrogens with zero attached hydrogens (tertiary/aromatic N) is 3. The lowest BCUT2D eigenvalue weighted by Gasteiger charge is -2.07. The Labute approximate surface area is 126 Å². The molecule has 1 N–H and O–H groups in total. The zero-order valence-electron chi connectivity index (χ0n) is 10.9. The molecule has 0 saturated carbocycles. The Kier molecular flexibility index (Phi) is 3.66. The minimum Gasteiger partial charge on any atom is -0.322 e. The van der Waals surface area contributed by atoms with Crippen molar-refractivity contribution in [2.45, 2.75) is 0 Å². The lowest BCUT2D eigenvalue weighted by molar-refractivity contribution is 0.102. The van der Waals surface area contributed by atoms with Gasteiger partial charge in [-0.25, -0.2) is 9.97 Å². The summed E-state index contributed by atoms with van der Waals surface area (Å²) >= 11 is 5.81. The van der Waals surface area contributed by atoms with Crippen molar-refractivity contribution >= 4 is 23.2 Å². The van der Waals surface area contributed by atoms with E-state index in [4.69, 9.17) is 11.6 Å². The number of pyridine rings is 1. The first-order valence-corrected chi connectivity index (χ1v) is 6.61. The molecule has 0 spiro atoms. The summed E-state index contributed by atoms with van der Waals surface area (Å²) in [7, 11) is 0. The Morgan fingerprint density at radius 1 is 1.14 bits per heavy atom. The topological polar surface area (TPSA) is 59.8 Å². The largest absolute Gasteiger partial charge is 0.322 e. The molecule has 0 aliphatic carbocycles. The molecule has 0 bridgehead atoms. The molecule has 0 fully saturated rings. The van der Waals surface area contributed by atoms with Gasteiger partial charge in [-0.1, -0.05) is 11.6 Å². The molecule has 3 rings (SSSR count). The second-order valence-electron chi connectivity index (χ2n) is 4.33. The normalized spacial score (nSPS) is 10.3.